The summed E-state index contributed by atoms with van der Waals surface area (Å²) in [5.74, 6) is 0.0460. The highest BCUT2D eigenvalue weighted by molar-refractivity contribution is 6.35. The van der Waals surface area contributed by atoms with E-state index in [4.69, 9.17) is 27.9 Å². The highest BCUT2D eigenvalue weighted by Crippen LogP contribution is 2.25. The molecule has 1 heterocycles. The maximum Gasteiger partial charge on any atom is 0.234 e. The van der Waals surface area contributed by atoms with Gasteiger partial charge in [0, 0.05) is 62.0 Å². The topological polar surface area (TPSA) is 44.8 Å². The van der Waals surface area contributed by atoms with Crippen molar-refractivity contribution in [2.24, 2.45) is 0 Å². The lowest BCUT2D eigenvalue weighted by Gasteiger charge is -2.34. The number of carbonyl (C=O) groups is 1. The van der Waals surface area contributed by atoms with Gasteiger partial charge in [-0.2, -0.15) is 0 Å². The van der Waals surface area contributed by atoms with E-state index in [-0.39, 0.29) is 5.91 Å². The molecule has 1 N–H and O–H groups in total. The van der Waals surface area contributed by atoms with Crippen molar-refractivity contribution in [3.05, 3.63) is 33.8 Å². The van der Waals surface area contributed by atoms with E-state index in [0.29, 0.717) is 29.7 Å². The van der Waals surface area contributed by atoms with Crippen molar-refractivity contribution in [3.8, 4) is 0 Å². The summed E-state index contributed by atoms with van der Waals surface area (Å²) in [6, 6.07) is 5.58. The van der Waals surface area contributed by atoms with Gasteiger partial charge >= 0.3 is 0 Å². The first-order valence-electron chi connectivity index (χ1n) is 7.73. The lowest BCUT2D eigenvalue weighted by molar-refractivity contribution is -0.122. The van der Waals surface area contributed by atoms with Crippen molar-refractivity contribution in [1.29, 1.82) is 0 Å². The minimum atomic E-state index is 0.0460. The van der Waals surface area contributed by atoms with E-state index in [9.17, 15) is 4.79 Å². The lowest BCUT2D eigenvalue weighted by atomic mass is 10.2. The number of benzene rings is 1. The Hall–Kier alpha value is -0.850. The van der Waals surface area contributed by atoms with E-state index in [1.54, 1.807) is 7.11 Å². The highest BCUT2D eigenvalue weighted by Gasteiger charge is 2.20. The number of ether oxygens (including phenoxy) is 1. The maximum atomic E-state index is 11.8. The summed E-state index contributed by atoms with van der Waals surface area (Å²) in [5, 5.41) is 4.25. The zero-order chi connectivity index (χ0) is 16.7. The Balaban J connectivity index is 1.75. The average molecular weight is 360 g/mol. The second-order valence-electron chi connectivity index (χ2n) is 5.60. The summed E-state index contributed by atoms with van der Waals surface area (Å²) in [4.78, 5) is 16.3. The third kappa shape index (κ3) is 5.94. The molecule has 23 heavy (non-hydrogen) atoms. The second kappa shape index (κ2) is 9.45. The minimum absolute atomic E-state index is 0.0460. The van der Waals surface area contributed by atoms with Crippen LogP contribution in [-0.2, 0) is 16.1 Å². The van der Waals surface area contributed by atoms with Crippen LogP contribution in [0.2, 0.25) is 10.0 Å². The van der Waals surface area contributed by atoms with Crippen molar-refractivity contribution in [2.45, 2.75) is 6.54 Å². The van der Waals surface area contributed by atoms with Crippen LogP contribution in [-0.4, -0.2) is 68.7 Å². The molecule has 1 aromatic rings. The van der Waals surface area contributed by atoms with Crippen LogP contribution < -0.4 is 5.32 Å². The van der Waals surface area contributed by atoms with Gasteiger partial charge in [-0.3, -0.25) is 14.6 Å². The number of piperazine rings is 1. The molecule has 0 atom stereocenters. The molecule has 0 aromatic heterocycles. The predicted molar refractivity (Wildman–Crippen MR) is 93.1 cm³/mol. The molecule has 7 heteroatoms. The molecule has 0 bridgehead atoms. The van der Waals surface area contributed by atoms with Gasteiger partial charge in [0.05, 0.1) is 13.2 Å². The number of amides is 1. The van der Waals surface area contributed by atoms with Crippen LogP contribution in [0.3, 0.4) is 0 Å². The van der Waals surface area contributed by atoms with Crippen LogP contribution in [0.25, 0.3) is 0 Å². The van der Waals surface area contributed by atoms with E-state index >= 15 is 0 Å². The summed E-state index contributed by atoms with van der Waals surface area (Å²) >= 11 is 12.4. The first-order valence-corrected chi connectivity index (χ1v) is 8.49. The molecular formula is C16H23Cl2N3O2. The van der Waals surface area contributed by atoms with Gasteiger partial charge in [0.15, 0.2) is 0 Å². The standard InChI is InChI=1S/C16H23Cl2N3O2/c1-23-10-5-19-16(22)12-21-8-6-20(7-9-21)11-13-14(17)3-2-4-15(13)18/h2-4H,5-12H2,1H3,(H,19,22). The highest BCUT2D eigenvalue weighted by atomic mass is 35.5. The number of rotatable bonds is 7. The molecule has 0 spiro atoms. The molecule has 5 nitrogen and oxygen atoms in total. The second-order valence-corrected chi connectivity index (χ2v) is 6.41. The predicted octanol–water partition coefficient (Wildman–Crippen LogP) is 1.87. The summed E-state index contributed by atoms with van der Waals surface area (Å²) in [6.45, 7) is 5.79. The number of hydrogen-bond acceptors (Lipinski definition) is 4. The third-order valence-corrected chi connectivity index (χ3v) is 4.61. The number of nitrogens with zero attached hydrogens (tertiary/aromatic N) is 2. The minimum Gasteiger partial charge on any atom is -0.383 e. The fraction of sp³-hybridized carbons (Fsp3) is 0.562. The van der Waals surface area contributed by atoms with Crippen molar-refractivity contribution < 1.29 is 9.53 Å². The largest absolute Gasteiger partial charge is 0.383 e. The molecular weight excluding hydrogens is 337 g/mol. The van der Waals surface area contributed by atoms with E-state index < -0.39 is 0 Å². The van der Waals surface area contributed by atoms with E-state index in [0.717, 1.165) is 38.3 Å². The molecule has 0 radical (unpaired) electrons. The van der Waals surface area contributed by atoms with Gasteiger partial charge in [-0.1, -0.05) is 29.3 Å². The first kappa shape index (κ1) is 18.5. The number of carbonyl (C=O) groups excluding carboxylic acids is 1. The number of nitrogens with one attached hydrogen (secondary N) is 1. The Labute approximate surface area is 147 Å². The van der Waals surface area contributed by atoms with Gasteiger partial charge in [-0.15, -0.1) is 0 Å². The third-order valence-electron chi connectivity index (χ3n) is 3.90. The first-order chi connectivity index (χ1) is 11.1. The molecule has 1 amide bonds. The van der Waals surface area contributed by atoms with Crippen LogP contribution in [0.1, 0.15) is 5.56 Å². The lowest BCUT2D eigenvalue weighted by Crippen LogP contribution is -2.49. The Kier molecular flexibility index (Phi) is 7.59. The molecule has 0 aliphatic carbocycles. The zero-order valence-corrected chi connectivity index (χ0v) is 14.9. The molecule has 0 unspecified atom stereocenters. The van der Waals surface area contributed by atoms with Crippen LogP contribution in [0.5, 0.6) is 0 Å². The molecule has 1 aromatic carbocycles. The summed E-state index contributed by atoms with van der Waals surface area (Å²) in [6.07, 6.45) is 0. The molecule has 128 valence electrons. The Morgan fingerprint density at radius 2 is 1.78 bits per heavy atom. The van der Waals surface area contributed by atoms with Crippen molar-refractivity contribution >= 4 is 29.1 Å². The summed E-state index contributed by atoms with van der Waals surface area (Å²) in [7, 11) is 1.62. The van der Waals surface area contributed by atoms with Gasteiger partial charge in [0.25, 0.3) is 0 Å². The molecule has 1 fully saturated rings. The van der Waals surface area contributed by atoms with Gasteiger partial charge in [-0.05, 0) is 12.1 Å². The van der Waals surface area contributed by atoms with E-state index in [1.165, 1.54) is 0 Å². The summed E-state index contributed by atoms with van der Waals surface area (Å²) in [5.41, 5.74) is 0.974. The van der Waals surface area contributed by atoms with Crippen LogP contribution in [0, 0.1) is 0 Å². The average Bonchev–Trinajstić information content (AvgIpc) is 2.53. The SMILES string of the molecule is COCCNC(=O)CN1CCN(Cc2c(Cl)cccc2Cl)CC1. The van der Waals surface area contributed by atoms with Crippen LogP contribution >= 0.6 is 23.2 Å². The maximum absolute atomic E-state index is 11.8. The monoisotopic (exact) mass is 359 g/mol. The normalized spacial score (nSPS) is 16.5. The van der Waals surface area contributed by atoms with Crippen molar-refractivity contribution in [2.75, 3.05) is 53.0 Å². The van der Waals surface area contributed by atoms with E-state index in [1.807, 2.05) is 18.2 Å². The van der Waals surface area contributed by atoms with Crippen LogP contribution in [0.4, 0.5) is 0 Å². The van der Waals surface area contributed by atoms with Crippen molar-refractivity contribution in [3.63, 3.8) is 0 Å². The Morgan fingerprint density at radius 3 is 2.39 bits per heavy atom. The smallest absolute Gasteiger partial charge is 0.234 e. The number of methoxy groups -OCH3 is 1. The quantitative estimate of drug-likeness (QED) is 0.755. The summed E-state index contributed by atoms with van der Waals surface area (Å²) < 4.78 is 4.92. The van der Waals surface area contributed by atoms with Gasteiger partial charge in [0.1, 0.15) is 0 Å². The molecule has 1 aliphatic rings. The number of hydrogen-bond donors (Lipinski definition) is 1. The molecule has 1 saturated heterocycles. The van der Waals surface area contributed by atoms with Gasteiger partial charge < -0.3 is 10.1 Å². The van der Waals surface area contributed by atoms with Crippen LogP contribution in [0.15, 0.2) is 18.2 Å². The van der Waals surface area contributed by atoms with E-state index in [2.05, 4.69) is 15.1 Å². The zero-order valence-electron chi connectivity index (χ0n) is 13.4. The fourth-order valence-corrected chi connectivity index (χ4v) is 3.08. The number of halogens is 2. The van der Waals surface area contributed by atoms with Crippen molar-refractivity contribution in [1.82, 2.24) is 15.1 Å². The van der Waals surface area contributed by atoms with Gasteiger partial charge in [-0.25, -0.2) is 0 Å². The van der Waals surface area contributed by atoms with Gasteiger partial charge in [0.2, 0.25) is 5.91 Å². The molecule has 2 rings (SSSR count). The Bertz CT molecular complexity index is 500. The Morgan fingerprint density at radius 1 is 1.17 bits per heavy atom. The molecule has 0 saturated carbocycles. The fourth-order valence-electron chi connectivity index (χ4n) is 2.56. The molecule has 1 aliphatic heterocycles.